The lowest BCUT2D eigenvalue weighted by Crippen LogP contribution is -2.36. The Hall–Kier alpha value is -2.77. The summed E-state index contributed by atoms with van der Waals surface area (Å²) in [5, 5.41) is 5.84. The van der Waals surface area contributed by atoms with E-state index < -0.39 is 26.1 Å². The van der Waals surface area contributed by atoms with Crippen LogP contribution in [0.2, 0.25) is 0 Å². The third kappa shape index (κ3) is 3.70. The number of para-hydroxylation sites is 2. The number of aliphatic hydroxyl groups is 1. The van der Waals surface area contributed by atoms with Gasteiger partial charge in [0.15, 0.2) is 6.10 Å². The number of rotatable bonds is 6. The van der Waals surface area contributed by atoms with Crippen LogP contribution in [0.15, 0.2) is 89.8 Å². The molecule has 1 N–H and O–H groups in total. The molecule has 0 amide bonds. The van der Waals surface area contributed by atoms with Gasteiger partial charge in [-0.2, -0.15) is 8.78 Å². The Labute approximate surface area is 155 Å². The van der Waals surface area contributed by atoms with Crippen molar-refractivity contribution in [2.75, 3.05) is 0 Å². The molecule has 0 fully saturated rings. The number of hydrogen-bond donors (Lipinski definition) is 1. The van der Waals surface area contributed by atoms with E-state index in [-0.39, 0.29) is 11.3 Å². The predicted molar refractivity (Wildman–Crippen MR) is 96.5 cm³/mol. The maximum atomic E-state index is 14.8. The van der Waals surface area contributed by atoms with Crippen LogP contribution in [0.25, 0.3) is 0 Å². The van der Waals surface area contributed by atoms with E-state index in [1.54, 1.807) is 36.4 Å². The molecule has 0 saturated carbocycles. The largest absolute Gasteiger partial charge is 0.457 e. The fraction of sp³-hybridized carbons (Fsp3) is 0.100. The molecule has 3 aromatic carbocycles. The standard InChI is InChI=1S/C20H16F2O4S/c21-20(22,27(24,25)16-11-5-2-6-12-16)19(23)17-13-7-8-14-18(17)26-15-9-3-1-4-10-15/h1-14,19,23H. The molecule has 0 spiro atoms. The van der Waals surface area contributed by atoms with Crippen molar-refractivity contribution in [3.63, 3.8) is 0 Å². The van der Waals surface area contributed by atoms with Gasteiger partial charge in [0.2, 0.25) is 9.84 Å². The molecule has 140 valence electrons. The molecule has 0 aliphatic heterocycles. The summed E-state index contributed by atoms with van der Waals surface area (Å²) in [6.45, 7) is 0. The predicted octanol–water partition coefficient (Wildman–Crippen LogP) is 4.58. The Morgan fingerprint density at radius 1 is 0.815 bits per heavy atom. The molecule has 3 aromatic rings. The Kier molecular flexibility index (Phi) is 5.25. The van der Waals surface area contributed by atoms with Crippen LogP contribution in [0.3, 0.4) is 0 Å². The van der Waals surface area contributed by atoms with Gasteiger partial charge < -0.3 is 9.84 Å². The van der Waals surface area contributed by atoms with Crippen LogP contribution in [0.5, 0.6) is 11.5 Å². The van der Waals surface area contributed by atoms with Gasteiger partial charge in [0, 0.05) is 5.56 Å². The zero-order chi connectivity index (χ0) is 19.5. The molecule has 1 unspecified atom stereocenters. The van der Waals surface area contributed by atoms with Crippen molar-refractivity contribution >= 4 is 9.84 Å². The van der Waals surface area contributed by atoms with E-state index in [0.717, 1.165) is 12.1 Å². The van der Waals surface area contributed by atoms with Gasteiger partial charge in [0.05, 0.1) is 4.90 Å². The lowest BCUT2D eigenvalue weighted by atomic mass is 10.1. The van der Waals surface area contributed by atoms with Crippen molar-refractivity contribution in [1.82, 2.24) is 0 Å². The van der Waals surface area contributed by atoms with Gasteiger partial charge in [0.25, 0.3) is 0 Å². The molecule has 3 rings (SSSR count). The summed E-state index contributed by atoms with van der Waals surface area (Å²) < 4.78 is 59.9. The fourth-order valence-electron chi connectivity index (χ4n) is 2.50. The monoisotopic (exact) mass is 390 g/mol. The number of ether oxygens (including phenoxy) is 1. The van der Waals surface area contributed by atoms with E-state index in [1.165, 1.54) is 36.4 Å². The molecule has 0 saturated heterocycles. The second kappa shape index (κ2) is 7.46. The molecule has 0 aliphatic rings. The van der Waals surface area contributed by atoms with Crippen LogP contribution < -0.4 is 4.74 Å². The summed E-state index contributed by atoms with van der Waals surface area (Å²) in [5.74, 6) is 0.311. The quantitative estimate of drug-likeness (QED) is 0.669. The van der Waals surface area contributed by atoms with Crippen LogP contribution in [0, 0.1) is 0 Å². The molecule has 1 atom stereocenters. The Balaban J connectivity index is 1.99. The van der Waals surface area contributed by atoms with Crippen LogP contribution in [-0.2, 0) is 9.84 Å². The highest BCUT2D eigenvalue weighted by atomic mass is 32.2. The van der Waals surface area contributed by atoms with Crippen molar-refractivity contribution in [2.45, 2.75) is 16.3 Å². The number of halogens is 2. The molecule has 0 aromatic heterocycles. The number of alkyl halides is 2. The molecule has 0 aliphatic carbocycles. The molecular weight excluding hydrogens is 374 g/mol. The number of aliphatic hydroxyl groups excluding tert-OH is 1. The van der Waals surface area contributed by atoms with Crippen molar-refractivity contribution in [3.8, 4) is 11.5 Å². The van der Waals surface area contributed by atoms with Gasteiger partial charge in [-0.25, -0.2) is 8.42 Å². The van der Waals surface area contributed by atoms with Crippen molar-refractivity contribution < 1.29 is 27.0 Å². The van der Waals surface area contributed by atoms with Gasteiger partial charge in [-0.3, -0.25) is 0 Å². The van der Waals surface area contributed by atoms with Crippen LogP contribution in [0.1, 0.15) is 11.7 Å². The second-order valence-electron chi connectivity index (χ2n) is 5.73. The SMILES string of the molecule is O=S(=O)(c1ccccc1)C(F)(F)C(O)c1ccccc1Oc1ccccc1. The van der Waals surface area contributed by atoms with E-state index >= 15 is 0 Å². The first-order valence-corrected chi connectivity index (χ1v) is 9.50. The van der Waals surface area contributed by atoms with Gasteiger partial charge in [-0.1, -0.05) is 54.6 Å². The number of hydrogen-bond acceptors (Lipinski definition) is 4. The average molecular weight is 390 g/mol. The molecule has 27 heavy (non-hydrogen) atoms. The third-order valence-electron chi connectivity index (χ3n) is 3.91. The molecule has 7 heteroatoms. The van der Waals surface area contributed by atoms with Crippen LogP contribution >= 0.6 is 0 Å². The summed E-state index contributed by atoms with van der Waals surface area (Å²) in [4.78, 5) is -0.574. The topological polar surface area (TPSA) is 63.6 Å². The summed E-state index contributed by atoms with van der Waals surface area (Å²) >= 11 is 0. The van der Waals surface area contributed by atoms with Gasteiger partial charge >= 0.3 is 5.25 Å². The first-order valence-electron chi connectivity index (χ1n) is 8.01. The lowest BCUT2D eigenvalue weighted by Gasteiger charge is -2.24. The first kappa shape index (κ1) is 19.0. The third-order valence-corrected chi connectivity index (χ3v) is 5.75. The summed E-state index contributed by atoms with van der Waals surface area (Å²) in [6.07, 6.45) is -2.61. The normalized spacial score (nSPS) is 13.1. The second-order valence-corrected chi connectivity index (χ2v) is 7.76. The summed E-state index contributed by atoms with van der Waals surface area (Å²) in [6, 6.07) is 20.2. The van der Waals surface area contributed by atoms with Crippen molar-refractivity contribution in [2.24, 2.45) is 0 Å². The van der Waals surface area contributed by atoms with E-state index in [9.17, 15) is 22.3 Å². The molecule has 0 bridgehead atoms. The lowest BCUT2D eigenvalue weighted by molar-refractivity contribution is -0.0442. The zero-order valence-electron chi connectivity index (χ0n) is 14.0. The maximum absolute atomic E-state index is 14.8. The minimum absolute atomic E-state index is 0.0564. The van der Waals surface area contributed by atoms with Crippen molar-refractivity contribution in [1.29, 1.82) is 0 Å². The van der Waals surface area contributed by atoms with Crippen molar-refractivity contribution in [3.05, 3.63) is 90.5 Å². The maximum Gasteiger partial charge on any atom is 0.379 e. The first-order chi connectivity index (χ1) is 12.8. The number of benzene rings is 3. The Bertz CT molecular complexity index is 1010. The fourth-order valence-corrected chi connectivity index (χ4v) is 3.75. The van der Waals surface area contributed by atoms with E-state index in [1.807, 2.05) is 0 Å². The highest BCUT2D eigenvalue weighted by Crippen LogP contribution is 2.43. The van der Waals surface area contributed by atoms with E-state index in [0.29, 0.717) is 5.75 Å². The highest BCUT2D eigenvalue weighted by Gasteiger charge is 2.53. The highest BCUT2D eigenvalue weighted by molar-refractivity contribution is 7.92. The Morgan fingerprint density at radius 2 is 1.33 bits per heavy atom. The van der Waals surface area contributed by atoms with Gasteiger partial charge in [-0.05, 0) is 30.3 Å². The number of sulfone groups is 1. The summed E-state index contributed by atoms with van der Waals surface area (Å²) in [7, 11) is -5.11. The summed E-state index contributed by atoms with van der Waals surface area (Å²) in [5.41, 5.74) is -0.328. The Morgan fingerprint density at radius 3 is 1.96 bits per heavy atom. The zero-order valence-corrected chi connectivity index (χ0v) is 14.8. The van der Waals surface area contributed by atoms with E-state index in [2.05, 4.69) is 0 Å². The van der Waals surface area contributed by atoms with E-state index in [4.69, 9.17) is 4.74 Å². The smallest absolute Gasteiger partial charge is 0.379 e. The minimum atomic E-state index is -5.11. The van der Waals surface area contributed by atoms with Crippen LogP contribution in [0.4, 0.5) is 8.78 Å². The molecule has 4 nitrogen and oxygen atoms in total. The molecule has 0 heterocycles. The van der Waals surface area contributed by atoms with Crippen LogP contribution in [-0.4, -0.2) is 18.8 Å². The minimum Gasteiger partial charge on any atom is -0.457 e. The van der Waals surface area contributed by atoms with Gasteiger partial charge in [-0.15, -0.1) is 0 Å². The average Bonchev–Trinajstić information content (AvgIpc) is 2.69. The molecule has 0 radical (unpaired) electrons. The van der Waals surface area contributed by atoms with Gasteiger partial charge in [0.1, 0.15) is 11.5 Å². The molecular formula is C20H16F2O4S.